The molecule has 0 saturated heterocycles. The number of ether oxygens (including phenoxy) is 1. The lowest BCUT2D eigenvalue weighted by molar-refractivity contribution is 0.308. The van der Waals surface area contributed by atoms with Crippen molar-refractivity contribution in [2.45, 2.75) is 13.5 Å². The molecule has 2 rings (SSSR count). The van der Waals surface area contributed by atoms with Gasteiger partial charge in [-0.25, -0.2) is 4.98 Å². The number of aromatic nitrogens is 3. The summed E-state index contributed by atoms with van der Waals surface area (Å²) >= 11 is 7.17. The molecule has 2 heterocycles. The number of halogens is 1. The average molecular weight is 242 g/mol. The highest BCUT2D eigenvalue weighted by Gasteiger charge is 2.06. The first-order chi connectivity index (χ1) is 7.27. The highest BCUT2D eigenvalue weighted by Crippen LogP contribution is 2.22. The summed E-state index contributed by atoms with van der Waals surface area (Å²) < 4.78 is 9.32. The molecule has 2 aromatic heterocycles. The lowest BCUT2D eigenvalue weighted by Crippen LogP contribution is -1.96. The maximum Gasteiger partial charge on any atom is 0.171 e. The normalized spacial score (nSPS) is 10.3. The predicted octanol–water partition coefficient (Wildman–Crippen LogP) is 2.47. The van der Waals surface area contributed by atoms with Gasteiger partial charge in [-0.1, -0.05) is 16.1 Å². The summed E-state index contributed by atoms with van der Waals surface area (Å²) in [5, 5.41) is 4.26. The van der Waals surface area contributed by atoms with E-state index in [-0.39, 0.29) is 0 Å². The summed E-state index contributed by atoms with van der Waals surface area (Å²) in [6, 6.07) is 3.55. The van der Waals surface area contributed by atoms with Gasteiger partial charge in [0.25, 0.3) is 0 Å². The van der Waals surface area contributed by atoms with E-state index >= 15 is 0 Å². The fraction of sp³-hybridized carbons (Fsp3) is 0.222. The van der Waals surface area contributed by atoms with Crippen molar-refractivity contribution in [1.29, 1.82) is 0 Å². The molecule has 78 valence electrons. The van der Waals surface area contributed by atoms with Gasteiger partial charge in [0.15, 0.2) is 10.9 Å². The van der Waals surface area contributed by atoms with Crippen molar-refractivity contribution in [3.8, 4) is 5.75 Å². The molecular weight excluding hydrogens is 234 g/mol. The second-order valence-electron chi connectivity index (χ2n) is 2.86. The number of aryl methyl sites for hydroxylation is 1. The molecule has 0 aliphatic carbocycles. The van der Waals surface area contributed by atoms with Crippen molar-refractivity contribution in [3.63, 3.8) is 0 Å². The van der Waals surface area contributed by atoms with Gasteiger partial charge in [0.05, 0.1) is 10.6 Å². The van der Waals surface area contributed by atoms with Crippen molar-refractivity contribution in [3.05, 3.63) is 34.1 Å². The molecule has 0 atom stereocenters. The van der Waals surface area contributed by atoms with Crippen molar-refractivity contribution >= 4 is 23.1 Å². The van der Waals surface area contributed by atoms with Gasteiger partial charge in [0.1, 0.15) is 6.61 Å². The molecular formula is C9H8ClN3OS. The molecule has 0 N–H and O–H groups in total. The Kier molecular flexibility index (Phi) is 3.13. The van der Waals surface area contributed by atoms with Gasteiger partial charge in [-0.15, -0.1) is 5.10 Å². The van der Waals surface area contributed by atoms with Crippen LogP contribution in [0.3, 0.4) is 0 Å². The number of pyridine rings is 1. The fourth-order valence-corrected chi connectivity index (χ4v) is 1.73. The van der Waals surface area contributed by atoms with E-state index in [9.17, 15) is 0 Å². The lowest BCUT2D eigenvalue weighted by atomic mass is 10.4. The Bertz CT molecular complexity index is 460. The smallest absolute Gasteiger partial charge is 0.171 e. The number of hydrogen-bond acceptors (Lipinski definition) is 5. The highest BCUT2D eigenvalue weighted by molar-refractivity contribution is 7.05. The van der Waals surface area contributed by atoms with E-state index in [0.29, 0.717) is 17.5 Å². The predicted molar refractivity (Wildman–Crippen MR) is 58.2 cm³/mol. The van der Waals surface area contributed by atoms with E-state index in [1.54, 1.807) is 18.3 Å². The van der Waals surface area contributed by atoms with E-state index in [4.69, 9.17) is 16.3 Å². The first-order valence-electron chi connectivity index (χ1n) is 4.28. The van der Waals surface area contributed by atoms with Gasteiger partial charge in [-0.05, 0) is 30.6 Å². The van der Waals surface area contributed by atoms with Gasteiger partial charge in [0, 0.05) is 6.20 Å². The van der Waals surface area contributed by atoms with E-state index in [0.717, 1.165) is 10.6 Å². The summed E-state index contributed by atoms with van der Waals surface area (Å²) in [6.07, 6.45) is 1.62. The Morgan fingerprint density at radius 2 is 2.40 bits per heavy atom. The first-order valence-corrected chi connectivity index (χ1v) is 5.43. The molecule has 4 nitrogen and oxygen atoms in total. The van der Waals surface area contributed by atoms with Crippen LogP contribution < -0.4 is 4.74 Å². The van der Waals surface area contributed by atoms with E-state index in [1.807, 2.05) is 6.92 Å². The number of nitrogens with zero attached hydrogens (tertiary/aromatic N) is 3. The Labute approximate surface area is 96.0 Å². The maximum absolute atomic E-state index is 5.84. The van der Waals surface area contributed by atoms with Crippen molar-refractivity contribution in [2.75, 3.05) is 0 Å². The third-order valence-corrected chi connectivity index (χ3v) is 2.91. The number of rotatable bonds is 3. The molecule has 0 bridgehead atoms. The monoisotopic (exact) mass is 241 g/mol. The highest BCUT2D eigenvalue weighted by atomic mass is 35.5. The molecule has 0 aliphatic heterocycles. The molecule has 0 spiro atoms. The van der Waals surface area contributed by atoms with Crippen molar-refractivity contribution < 1.29 is 4.74 Å². The van der Waals surface area contributed by atoms with Gasteiger partial charge < -0.3 is 4.74 Å². The number of hydrogen-bond donors (Lipinski definition) is 0. The van der Waals surface area contributed by atoms with Gasteiger partial charge in [-0.3, -0.25) is 0 Å². The van der Waals surface area contributed by atoms with Crippen LogP contribution in [-0.4, -0.2) is 14.6 Å². The molecule has 0 amide bonds. The zero-order valence-electron chi connectivity index (χ0n) is 7.98. The minimum Gasteiger partial charge on any atom is -0.485 e. The Morgan fingerprint density at radius 1 is 1.53 bits per heavy atom. The van der Waals surface area contributed by atoms with Gasteiger partial charge in [-0.2, -0.15) is 0 Å². The van der Waals surface area contributed by atoms with Gasteiger partial charge in [0.2, 0.25) is 0 Å². The minimum atomic E-state index is 0.368. The molecule has 0 saturated carbocycles. The topological polar surface area (TPSA) is 47.9 Å². The molecule has 0 fully saturated rings. The summed E-state index contributed by atoms with van der Waals surface area (Å²) in [5.74, 6) is 0.576. The Morgan fingerprint density at radius 3 is 3.07 bits per heavy atom. The zero-order chi connectivity index (χ0) is 10.7. The van der Waals surface area contributed by atoms with Gasteiger partial charge >= 0.3 is 0 Å². The van der Waals surface area contributed by atoms with E-state index < -0.39 is 0 Å². The van der Waals surface area contributed by atoms with Crippen LogP contribution in [0, 0.1) is 6.92 Å². The quantitative estimate of drug-likeness (QED) is 0.775. The molecule has 0 radical (unpaired) electrons. The molecule has 0 unspecified atom stereocenters. The molecule has 0 aliphatic rings. The molecule has 0 aromatic carbocycles. The van der Waals surface area contributed by atoms with Crippen LogP contribution in [0.25, 0.3) is 0 Å². The third-order valence-electron chi connectivity index (χ3n) is 1.83. The summed E-state index contributed by atoms with van der Waals surface area (Å²) in [7, 11) is 0. The lowest BCUT2D eigenvalue weighted by Gasteiger charge is -2.04. The van der Waals surface area contributed by atoms with E-state index in [1.165, 1.54) is 11.5 Å². The molecule has 2 aromatic rings. The largest absolute Gasteiger partial charge is 0.485 e. The first kappa shape index (κ1) is 10.3. The average Bonchev–Trinajstić information content (AvgIpc) is 2.63. The second-order valence-corrected chi connectivity index (χ2v) is 4.06. The molecule has 6 heteroatoms. The summed E-state index contributed by atoms with van der Waals surface area (Å²) in [5.41, 5.74) is 0.889. The SMILES string of the molecule is Cc1nnsc1COc1cccnc1Cl. The van der Waals surface area contributed by atoms with Crippen LogP contribution in [0.5, 0.6) is 5.75 Å². The molecule has 15 heavy (non-hydrogen) atoms. The summed E-state index contributed by atoms with van der Waals surface area (Å²) in [4.78, 5) is 4.91. The van der Waals surface area contributed by atoms with Crippen molar-refractivity contribution in [1.82, 2.24) is 14.6 Å². The zero-order valence-corrected chi connectivity index (χ0v) is 9.55. The second kappa shape index (κ2) is 4.55. The fourth-order valence-electron chi connectivity index (χ4n) is 1.01. The third kappa shape index (κ3) is 2.43. The standard InChI is InChI=1S/C9H8ClN3OS/c1-6-8(15-13-12-6)5-14-7-3-2-4-11-9(7)10/h2-4H,5H2,1H3. The van der Waals surface area contributed by atoms with Crippen LogP contribution in [0.15, 0.2) is 18.3 Å². The van der Waals surface area contributed by atoms with Crippen LogP contribution in [0.2, 0.25) is 5.15 Å². The maximum atomic E-state index is 5.84. The Balaban J connectivity index is 2.06. The van der Waals surface area contributed by atoms with Crippen LogP contribution in [-0.2, 0) is 6.61 Å². The minimum absolute atomic E-state index is 0.368. The Hall–Kier alpha value is -1.20. The van der Waals surface area contributed by atoms with Crippen LogP contribution >= 0.6 is 23.1 Å². The van der Waals surface area contributed by atoms with Crippen LogP contribution in [0.1, 0.15) is 10.6 Å². The van der Waals surface area contributed by atoms with Crippen LogP contribution in [0.4, 0.5) is 0 Å². The van der Waals surface area contributed by atoms with Crippen molar-refractivity contribution in [2.24, 2.45) is 0 Å². The van der Waals surface area contributed by atoms with E-state index in [2.05, 4.69) is 14.6 Å². The summed E-state index contributed by atoms with van der Waals surface area (Å²) in [6.45, 7) is 2.32.